The Hall–Kier alpha value is -2.17. The number of hydrogen-bond acceptors (Lipinski definition) is 4. The molecule has 1 rings (SSSR count). The number of nitrogens with zero attached hydrogens (tertiary/aromatic N) is 3. The zero-order valence-electron chi connectivity index (χ0n) is 11.3. The van der Waals surface area contributed by atoms with Crippen molar-refractivity contribution in [1.82, 2.24) is 4.90 Å². The van der Waals surface area contributed by atoms with E-state index in [1.165, 1.54) is 0 Å². The van der Waals surface area contributed by atoms with Crippen LogP contribution in [0, 0.1) is 28.6 Å². The molecule has 0 spiro atoms. The highest BCUT2D eigenvalue weighted by Crippen LogP contribution is 2.06. The second-order valence-corrected chi connectivity index (χ2v) is 4.47. The Morgan fingerprint density at radius 3 is 2.42 bits per heavy atom. The van der Waals surface area contributed by atoms with Gasteiger partial charge in [-0.2, -0.15) is 10.5 Å². The van der Waals surface area contributed by atoms with Crippen molar-refractivity contribution in [1.29, 1.82) is 10.5 Å². The van der Waals surface area contributed by atoms with E-state index in [4.69, 9.17) is 10.5 Å². The Morgan fingerprint density at radius 2 is 1.95 bits per heavy atom. The van der Waals surface area contributed by atoms with E-state index in [0.29, 0.717) is 24.2 Å². The Kier molecular flexibility index (Phi) is 5.73. The molecule has 0 heterocycles. The first-order valence-electron chi connectivity index (χ1n) is 6.26. The minimum Gasteiger partial charge on any atom is -0.295 e. The second-order valence-electron chi connectivity index (χ2n) is 4.47. The molecule has 0 bridgehead atoms. The van der Waals surface area contributed by atoms with Crippen molar-refractivity contribution in [2.75, 3.05) is 19.6 Å². The third kappa shape index (κ3) is 4.54. The van der Waals surface area contributed by atoms with Crippen LogP contribution >= 0.6 is 0 Å². The number of likely N-dealkylation sites (N-methyl/N-ethyl adjacent to an activating group) is 1. The molecule has 0 saturated heterocycles. The predicted octanol–water partition coefficient (Wildman–Crippen LogP) is 2.22. The molecular weight excluding hydrogens is 238 g/mol. The molecule has 1 aromatic carbocycles. The van der Waals surface area contributed by atoms with Gasteiger partial charge in [0.15, 0.2) is 5.78 Å². The number of carbonyl (C=O) groups excluding carboxylic acids is 1. The largest absolute Gasteiger partial charge is 0.295 e. The van der Waals surface area contributed by atoms with Crippen LogP contribution in [0.25, 0.3) is 0 Å². The van der Waals surface area contributed by atoms with Gasteiger partial charge in [0.05, 0.1) is 30.2 Å². The Morgan fingerprint density at radius 1 is 1.32 bits per heavy atom. The van der Waals surface area contributed by atoms with Crippen LogP contribution in [-0.2, 0) is 0 Å². The summed E-state index contributed by atoms with van der Waals surface area (Å²) in [6.07, 6.45) is 0. The van der Waals surface area contributed by atoms with E-state index >= 15 is 0 Å². The average molecular weight is 255 g/mol. The van der Waals surface area contributed by atoms with Gasteiger partial charge in [0, 0.05) is 12.1 Å². The molecule has 0 fully saturated rings. The van der Waals surface area contributed by atoms with Gasteiger partial charge in [-0.25, -0.2) is 0 Å². The maximum Gasteiger partial charge on any atom is 0.176 e. The van der Waals surface area contributed by atoms with Crippen molar-refractivity contribution < 1.29 is 4.79 Å². The van der Waals surface area contributed by atoms with E-state index in [0.717, 1.165) is 6.54 Å². The summed E-state index contributed by atoms with van der Waals surface area (Å²) in [5, 5.41) is 17.5. The lowest BCUT2D eigenvalue weighted by molar-refractivity contribution is 0.0929. The first-order valence-corrected chi connectivity index (χ1v) is 6.26. The third-order valence-corrected chi connectivity index (χ3v) is 2.90. The highest BCUT2D eigenvalue weighted by Gasteiger charge is 2.13. The van der Waals surface area contributed by atoms with Gasteiger partial charge in [-0.3, -0.25) is 9.69 Å². The molecule has 1 atom stereocenters. The molecule has 19 heavy (non-hydrogen) atoms. The van der Waals surface area contributed by atoms with Crippen molar-refractivity contribution in [2.24, 2.45) is 5.92 Å². The smallest absolute Gasteiger partial charge is 0.176 e. The van der Waals surface area contributed by atoms with Crippen LogP contribution in [0.5, 0.6) is 0 Å². The van der Waals surface area contributed by atoms with Crippen LogP contribution in [-0.4, -0.2) is 30.3 Å². The number of nitriles is 2. The topological polar surface area (TPSA) is 67.9 Å². The van der Waals surface area contributed by atoms with E-state index in [-0.39, 0.29) is 11.7 Å². The SMILES string of the molecule is CCN(CC(=O)c1ccc(C#N)cc1)CC(C)C#N. The van der Waals surface area contributed by atoms with Gasteiger partial charge in [0.1, 0.15) is 0 Å². The average Bonchev–Trinajstić information content (AvgIpc) is 2.46. The Bertz CT molecular complexity index is 508. The zero-order valence-corrected chi connectivity index (χ0v) is 11.3. The van der Waals surface area contributed by atoms with Crippen molar-refractivity contribution in [3.8, 4) is 12.1 Å². The van der Waals surface area contributed by atoms with E-state index in [1.54, 1.807) is 24.3 Å². The molecule has 0 radical (unpaired) electrons. The number of carbonyl (C=O) groups is 1. The quantitative estimate of drug-likeness (QED) is 0.731. The summed E-state index contributed by atoms with van der Waals surface area (Å²) in [4.78, 5) is 14.0. The number of benzene rings is 1. The van der Waals surface area contributed by atoms with Crippen LogP contribution in [0.2, 0.25) is 0 Å². The highest BCUT2D eigenvalue weighted by molar-refractivity contribution is 5.97. The fourth-order valence-electron chi connectivity index (χ4n) is 1.76. The minimum absolute atomic E-state index is 0.0106. The molecule has 0 aromatic heterocycles. The third-order valence-electron chi connectivity index (χ3n) is 2.90. The van der Waals surface area contributed by atoms with Crippen molar-refractivity contribution in [3.63, 3.8) is 0 Å². The molecule has 1 unspecified atom stereocenters. The Labute approximate surface area is 113 Å². The summed E-state index contributed by atoms with van der Waals surface area (Å²) >= 11 is 0. The minimum atomic E-state index is -0.0892. The van der Waals surface area contributed by atoms with Crippen molar-refractivity contribution in [2.45, 2.75) is 13.8 Å². The van der Waals surface area contributed by atoms with Crippen LogP contribution in [0.4, 0.5) is 0 Å². The van der Waals surface area contributed by atoms with Gasteiger partial charge in [0.25, 0.3) is 0 Å². The fourth-order valence-corrected chi connectivity index (χ4v) is 1.76. The van der Waals surface area contributed by atoms with Gasteiger partial charge in [-0.1, -0.05) is 19.1 Å². The monoisotopic (exact) mass is 255 g/mol. The van der Waals surface area contributed by atoms with Crippen molar-refractivity contribution in [3.05, 3.63) is 35.4 Å². The van der Waals surface area contributed by atoms with Gasteiger partial charge < -0.3 is 0 Å². The maximum absolute atomic E-state index is 12.1. The summed E-state index contributed by atoms with van der Waals surface area (Å²) in [7, 11) is 0. The Balaban J connectivity index is 2.67. The number of Topliss-reactive ketones (excluding diaryl/α,β-unsaturated/α-hetero) is 1. The summed E-state index contributed by atoms with van der Waals surface area (Å²) in [6, 6.07) is 10.8. The molecule has 0 amide bonds. The fraction of sp³-hybridized carbons (Fsp3) is 0.400. The van der Waals surface area contributed by atoms with E-state index in [9.17, 15) is 4.79 Å². The first kappa shape index (κ1) is 14.9. The lowest BCUT2D eigenvalue weighted by Gasteiger charge is -2.20. The normalized spacial score (nSPS) is 11.6. The molecule has 1 aromatic rings. The van der Waals surface area contributed by atoms with Gasteiger partial charge >= 0.3 is 0 Å². The van der Waals surface area contributed by atoms with Crippen LogP contribution in [0.15, 0.2) is 24.3 Å². The predicted molar refractivity (Wildman–Crippen MR) is 72.4 cm³/mol. The molecule has 0 aliphatic carbocycles. The first-order chi connectivity index (χ1) is 9.10. The molecule has 0 aliphatic heterocycles. The van der Waals surface area contributed by atoms with E-state index in [1.807, 2.05) is 24.8 Å². The molecule has 0 saturated carbocycles. The van der Waals surface area contributed by atoms with Crippen LogP contribution in [0.1, 0.15) is 29.8 Å². The summed E-state index contributed by atoms with van der Waals surface area (Å²) in [5.41, 5.74) is 1.14. The molecular formula is C15H17N3O. The summed E-state index contributed by atoms with van der Waals surface area (Å²) < 4.78 is 0. The summed E-state index contributed by atoms with van der Waals surface area (Å²) in [5.74, 6) is -0.0785. The van der Waals surface area contributed by atoms with Gasteiger partial charge in [0.2, 0.25) is 0 Å². The number of ketones is 1. The van der Waals surface area contributed by atoms with Crippen molar-refractivity contribution >= 4 is 5.78 Å². The lowest BCUT2D eigenvalue weighted by atomic mass is 10.1. The number of rotatable bonds is 6. The van der Waals surface area contributed by atoms with Gasteiger partial charge in [-0.05, 0) is 25.6 Å². The number of hydrogen-bond donors (Lipinski definition) is 0. The van der Waals surface area contributed by atoms with E-state index < -0.39 is 0 Å². The molecule has 0 N–H and O–H groups in total. The second kappa shape index (κ2) is 7.31. The van der Waals surface area contributed by atoms with Crippen LogP contribution in [0.3, 0.4) is 0 Å². The lowest BCUT2D eigenvalue weighted by Crippen LogP contribution is -2.33. The summed E-state index contributed by atoms with van der Waals surface area (Å²) in [6.45, 7) is 5.43. The molecule has 98 valence electrons. The highest BCUT2D eigenvalue weighted by atomic mass is 16.1. The van der Waals surface area contributed by atoms with E-state index in [2.05, 4.69) is 6.07 Å². The van der Waals surface area contributed by atoms with Crippen LogP contribution < -0.4 is 0 Å². The molecule has 4 nitrogen and oxygen atoms in total. The zero-order chi connectivity index (χ0) is 14.3. The van der Waals surface area contributed by atoms with Gasteiger partial charge in [-0.15, -0.1) is 0 Å². The standard InChI is InChI=1S/C15H17N3O/c1-3-18(10-12(2)8-16)11-15(19)14-6-4-13(9-17)5-7-14/h4-7,12H,3,10-11H2,1-2H3. The molecule has 0 aliphatic rings. The maximum atomic E-state index is 12.1. The molecule has 4 heteroatoms.